The lowest BCUT2D eigenvalue weighted by Crippen LogP contribution is -2.51. The van der Waals surface area contributed by atoms with Crippen LogP contribution in [-0.2, 0) is 26.2 Å². The van der Waals surface area contributed by atoms with Crippen molar-refractivity contribution in [3.05, 3.63) is 90.2 Å². The van der Waals surface area contributed by atoms with Crippen LogP contribution in [0.25, 0.3) is 0 Å². The van der Waals surface area contributed by atoms with Gasteiger partial charge in [0.25, 0.3) is 0 Å². The van der Waals surface area contributed by atoms with Crippen LogP contribution in [0, 0.1) is 5.82 Å². The molecule has 0 unspecified atom stereocenters. The molecule has 0 saturated carbocycles. The molecule has 0 aromatic heterocycles. The second-order valence-corrected chi connectivity index (χ2v) is 11.1. The SMILES string of the molecule is CCCCNC(=O)[C@@H](C)N(Cc1ccc(F)cc1)C(=O)CN(c1ccc(Oc2ccccc2)cc1)S(C)(=O)=O. The van der Waals surface area contributed by atoms with Crippen LogP contribution in [0.15, 0.2) is 78.9 Å². The van der Waals surface area contributed by atoms with Crippen molar-refractivity contribution in [2.45, 2.75) is 39.3 Å². The smallest absolute Gasteiger partial charge is 0.244 e. The summed E-state index contributed by atoms with van der Waals surface area (Å²) in [6, 6.07) is 20.2. The predicted molar refractivity (Wildman–Crippen MR) is 149 cm³/mol. The number of para-hydroxylation sites is 1. The Morgan fingerprint density at radius 3 is 2.15 bits per heavy atom. The molecule has 3 aromatic rings. The first-order valence-electron chi connectivity index (χ1n) is 12.7. The maximum absolute atomic E-state index is 13.6. The second-order valence-electron chi connectivity index (χ2n) is 9.15. The Morgan fingerprint density at radius 2 is 1.56 bits per heavy atom. The zero-order valence-electron chi connectivity index (χ0n) is 22.3. The van der Waals surface area contributed by atoms with Crippen LogP contribution in [-0.4, -0.2) is 50.5 Å². The normalized spacial score (nSPS) is 11.9. The molecule has 3 rings (SSSR count). The van der Waals surface area contributed by atoms with Crippen molar-refractivity contribution >= 4 is 27.5 Å². The third-order valence-corrected chi connectivity index (χ3v) is 7.19. The van der Waals surface area contributed by atoms with Crippen LogP contribution < -0.4 is 14.4 Å². The number of sulfonamides is 1. The quantitative estimate of drug-likeness (QED) is 0.308. The molecule has 0 heterocycles. The highest BCUT2D eigenvalue weighted by atomic mass is 32.2. The lowest BCUT2D eigenvalue weighted by atomic mass is 10.1. The minimum atomic E-state index is -3.87. The van der Waals surface area contributed by atoms with Crippen molar-refractivity contribution in [3.8, 4) is 11.5 Å². The van der Waals surface area contributed by atoms with E-state index in [9.17, 15) is 22.4 Å². The number of unbranched alkanes of at least 4 members (excludes halogenated alkanes) is 1. The monoisotopic (exact) mass is 555 g/mol. The van der Waals surface area contributed by atoms with Crippen molar-refractivity contribution in [1.82, 2.24) is 10.2 Å². The highest BCUT2D eigenvalue weighted by molar-refractivity contribution is 7.92. The van der Waals surface area contributed by atoms with Gasteiger partial charge in [0.05, 0.1) is 11.9 Å². The molecule has 0 radical (unpaired) electrons. The molecule has 3 aromatic carbocycles. The van der Waals surface area contributed by atoms with Gasteiger partial charge in [0, 0.05) is 13.1 Å². The molecule has 0 aliphatic heterocycles. The number of hydrogen-bond donors (Lipinski definition) is 1. The van der Waals surface area contributed by atoms with Crippen molar-refractivity contribution in [2.75, 3.05) is 23.7 Å². The van der Waals surface area contributed by atoms with Crippen molar-refractivity contribution in [2.24, 2.45) is 0 Å². The molecule has 10 heteroatoms. The van der Waals surface area contributed by atoms with Gasteiger partial charge in [0.15, 0.2) is 0 Å². The molecular formula is C29H34FN3O5S. The molecule has 0 saturated heterocycles. The van der Waals surface area contributed by atoms with E-state index in [4.69, 9.17) is 4.74 Å². The Morgan fingerprint density at radius 1 is 0.949 bits per heavy atom. The number of carbonyl (C=O) groups excluding carboxylic acids is 2. The Balaban J connectivity index is 1.83. The van der Waals surface area contributed by atoms with Crippen molar-refractivity contribution in [1.29, 1.82) is 0 Å². The van der Waals surface area contributed by atoms with E-state index in [1.54, 1.807) is 43.3 Å². The van der Waals surface area contributed by atoms with Crippen LogP contribution in [0.2, 0.25) is 0 Å². The zero-order valence-corrected chi connectivity index (χ0v) is 23.2. The highest BCUT2D eigenvalue weighted by Crippen LogP contribution is 2.26. The van der Waals surface area contributed by atoms with Crippen molar-refractivity contribution in [3.63, 3.8) is 0 Å². The number of ether oxygens (including phenoxy) is 1. The fourth-order valence-corrected chi connectivity index (χ4v) is 4.67. The topological polar surface area (TPSA) is 96.0 Å². The molecule has 0 aliphatic rings. The molecule has 39 heavy (non-hydrogen) atoms. The summed E-state index contributed by atoms with van der Waals surface area (Å²) in [5.41, 5.74) is 0.874. The van der Waals surface area contributed by atoms with Gasteiger partial charge in [0.1, 0.15) is 29.9 Å². The van der Waals surface area contributed by atoms with E-state index in [1.165, 1.54) is 29.2 Å². The van der Waals surface area contributed by atoms with Gasteiger partial charge in [0.2, 0.25) is 21.8 Å². The molecular weight excluding hydrogens is 521 g/mol. The molecule has 0 aliphatic carbocycles. The summed E-state index contributed by atoms with van der Waals surface area (Å²) < 4.78 is 45.7. The number of carbonyl (C=O) groups is 2. The van der Waals surface area contributed by atoms with Crippen LogP contribution in [0.4, 0.5) is 10.1 Å². The van der Waals surface area contributed by atoms with E-state index >= 15 is 0 Å². The minimum absolute atomic E-state index is 0.00291. The maximum atomic E-state index is 13.6. The number of rotatable bonds is 13. The van der Waals surface area contributed by atoms with Crippen LogP contribution in [0.3, 0.4) is 0 Å². The van der Waals surface area contributed by atoms with E-state index in [1.807, 2.05) is 25.1 Å². The number of amides is 2. The Bertz CT molecular complexity index is 1330. The van der Waals surface area contributed by atoms with Crippen LogP contribution in [0.5, 0.6) is 11.5 Å². The Kier molecular flexibility index (Phi) is 10.4. The van der Waals surface area contributed by atoms with Gasteiger partial charge in [-0.15, -0.1) is 0 Å². The Labute approximate surface area is 229 Å². The molecule has 0 bridgehead atoms. The number of benzene rings is 3. The lowest BCUT2D eigenvalue weighted by Gasteiger charge is -2.31. The second kappa shape index (κ2) is 13.7. The minimum Gasteiger partial charge on any atom is -0.457 e. The molecule has 0 spiro atoms. The Hall–Kier alpha value is -3.92. The number of nitrogens with zero attached hydrogens (tertiary/aromatic N) is 2. The molecule has 208 valence electrons. The number of hydrogen-bond acceptors (Lipinski definition) is 5. The summed E-state index contributed by atoms with van der Waals surface area (Å²) in [5.74, 6) is -0.229. The molecule has 0 fully saturated rings. The van der Waals surface area contributed by atoms with Crippen LogP contribution >= 0.6 is 0 Å². The first-order valence-corrected chi connectivity index (χ1v) is 14.6. The van der Waals surface area contributed by atoms with Gasteiger partial charge in [-0.2, -0.15) is 0 Å². The number of nitrogens with one attached hydrogen (secondary N) is 1. The predicted octanol–water partition coefficient (Wildman–Crippen LogP) is 4.72. The lowest BCUT2D eigenvalue weighted by molar-refractivity contribution is -0.139. The molecule has 2 amide bonds. The van der Waals surface area contributed by atoms with Gasteiger partial charge in [-0.25, -0.2) is 12.8 Å². The van der Waals surface area contributed by atoms with Gasteiger partial charge >= 0.3 is 0 Å². The van der Waals surface area contributed by atoms with E-state index in [0.717, 1.165) is 23.4 Å². The van der Waals surface area contributed by atoms with E-state index < -0.39 is 34.3 Å². The summed E-state index contributed by atoms with van der Waals surface area (Å²) in [6.07, 6.45) is 2.70. The van der Waals surface area contributed by atoms with Crippen molar-refractivity contribution < 1.29 is 27.1 Å². The first kappa shape index (κ1) is 29.6. The summed E-state index contributed by atoms with van der Waals surface area (Å²) in [4.78, 5) is 27.7. The summed E-state index contributed by atoms with van der Waals surface area (Å²) in [7, 11) is -3.87. The maximum Gasteiger partial charge on any atom is 0.244 e. The van der Waals surface area contributed by atoms with E-state index in [2.05, 4.69) is 5.32 Å². The standard InChI is InChI=1S/C29H34FN3O5S/c1-4-5-19-31-29(35)22(2)32(20-23-11-13-24(30)14-12-23)28(34)21-33(39(3,36)37)25-15-17-27(18-16-25)38-26-9-7-6-8-10-26/h6-18,22H,4-5,19-21H2,1-3H3,(H,31,35)/t22-/m1/s1. The average Bonchev–Trinajstić information content (AvgIpc) is 2.91. The highest BCUT2D eigenvalue weighted by Gasteiger charge is 2.30. The molecule has 8 nitrogen and oxygen atoms in total. The van der Waals surface area contributed by atoms with Crippen LogP contribution in [0.1, 0.15) is 32.3 Å². The van der Waals surface area contributed by atoms with E-state index in [-0.39, 0.29) is 18.1 Å². The third kappa shape index (κ3) is 8.81. The van der Waals surface area contributed by atoms with E-state index in [0.29, 0.717) is 23.6 Å². The molecule has 1 N–H and O–H groups in total. The third-order valence-electron chi connectivity index (χ3n) is 6.05. The number of anilines is 1. The summed E-state index contributed by atoms with van der Waals surface area (Å²) in [5, 5.41) is 2.82. The number of halogens is 1. The molecule has 1 atom stereocenters. The van der Waals surface area contributed by atoms with Gasteiger partial charge in [-0.3, -0.25) is 13.9 Å². The summed E-state index contributed by atoms with van der Waals surface area (Å²) >= 11 is 0. The van der Waals surface area contributed by atoms with Gasteiger partial charge in [-0.1, -0.05) is 43.7 Å². The van der Waals surface area contributed by atoms with Gasteiger partial charge < -0.3 is 15.0 Å². The summed E-state index contributed by atoms with van der Waals surface area (Å²) in [6.45, 7) is 3.53. The fraction of sp³-hybridized carbons (Fsp3) is 0.310. The first-order chi connectivity index (χ1) is 18.6. The fourth-order valence-electron chi connectivity index (χ4n) is 3.82. The zero-order chi connectivity index (χ0) is 28.4. The van der Waals surface area contributed by atoms with Gasteiger partial charge in [-0.05, 0) is 67.4 Å². The largest absolute Gasteiger partial charge is 0.457 e. The average molecular weight is 556 g/mol.